The maximum absolute atomic E-state index is 13.7. The zero-order valence-corrected chi connectivity index (χ0v) is 12.7. The molecule has 3 N–H and O–H groups in total. The van der Waals surface area contributed by atoms with Gasteiger partial charge in [-0.25, -0.2) is 8.78 Å². The van der Waals surface area contributed by atoms with Crippen molar-refractivity contribution in [2.75, 3.05) is 13.1 Å². The normalized spacial score (nSPS) is 21.6. The highest BCUT2D eigenvalue weighted by atomic mass is 19.4. The number of carbonyl (C=O) groups is 1. The molecule has 0 saturated carbocycles. The minimum atomic E-state index is -5.03. The number of nitrogens with one attached hydrogen (secondary N) is 1. The number of ether oxygens (including phenoxy) is 1. The predicted octanol–water partition coefficient (Wildman–Crippen LogP) is 2.72. The first-order valence-electron chi connectivity index (χ1n) is 7.41. The second-order valence-corrected chi connectivity index (χ2v) is 5.82. The van der Waals surface area contributed by atoms with E-state index in [2.05, 4.69) is 9.72 Å². The molecule has 1 fully saturated rings. The van der Waals surface area contributed by atoms with Crippen molar-refractivity contribution in [3.05, 3.63) is 29.7 Å². The monoisotopic (exact) mass is 363 g/mol. The third-order valence-corrected chi connectivity index (χ3v) is 3.99. The van der Waals surface area contributed by atoms with E-state index in [9.17, 15) is 26.7 Å². The molecule has 1 saturated heterocycles. The lowest BCUT2D eigenvalue weighted by Gasteiger charge is -2.32. The number of benzene rings is 1. The molecular formula is C15H14F5N3O2. The largest absolute Gasteiger partial charge is 0.573 e. The Morgan fingerprint density at radius 2 is 2.04 bits per heavy atom. The standard InChI is InChI=1S/C15H14F5N3O2/c16-8-1-2-23(6-10(8)21)14(24)12-3-7-4-13(25-15(18,19)20)9(17)5-11(7)22-12/h3-5,8,10,22H,1-2,6,21H2/t8-,10+/m1/s1. The van der Waals surface area contributed by atoms with E-state index in [-0.39, 0.29) is 36.1 Å². The van der Waals surface area contributed by atoms with E-state index >= 15 is 0 Å². The Kier molecular flexibility index (Phi) is 4.31. The van der Waals surface area contributed by atoms with Gasteiger partial charge in [0.15, 0.2) is 11.6 Å². The highest BCUT2D eigenvalue weighted by Crippen LogP contribution is 2.30. The van der Waals surface area contributed by atoms with Gasteiger partial charge in [0.25, 0.3) is 5.91 Å². The van der Waals surface area contributed by atoms with Gasteiger partial charge in [0, 0.05) is 30.1 Å². The summed E-state index contributed by atoms with van der Waals surface area (Å²) >= 11 is 0. The van der Waals surface area contributed by atoms with Gasteiger partial charge in [-0.05, 0) is 18.6 Å². The number of halogens is 5. The topological polar surface area (TPSA) is 71.3 Å². The van der Waals surface area contributed by atoms with Crippen molar-refractivity contribution in [3.8, 4) is 5.75 Å². The zero-order valence-electron chi connectivity index (χ0n) is 12.7. The number of aromatic nitrogens is 1. The van der Waals surface area contributed by atoms with Crippen molar-refractivity contribution >= 4 is 16.8 Å². The van der Waals surface area contributed by atoms with Crippen LogP contribution in [-0.4, -0.2) is 47.5 Å². The minimum absolute atomic E-state index is 0.0200. The summed E-state index contributed by atoms with van der Waals surface area (Å²) in [6.45, 7) is 0.187. The maximum atomic E-state index is 13.7. The maximum Gasteiger partial charge on any atom is 0.573 e. The number of aromatic amines is 1. The third-order valence-electron chi connectivity index (χ3n) is 3.99. The van der Waals surface area contributed by atoms with Crippen LogP contribution in [0.25, 0.3) is 10.9 Å². The second kappa shape index (κ2) is 6.17. The highest BCUT2D eigenvalue weighted by Gasteiger charge is 2.33. The molecule has 0 bridgehead atoms. The lowest BCUT2D eigenvalue weighted by atomic mass is 10.0. The van der Waals surface area contributed by atoms with Gasteiger partial charge in [0.1, 0.15) is 11.9 Å². The average molecular weight is 363 g/mol. The summed E-state index contributed by atoms with van der Waals surface area (Å²) in [5.41, 5.74) is 5.79. The number of carbonyl (C=O) groups excluding carboxylic acids is 1. The van der Waals surface area contributed by atoms with Crippen molar-refractivity contribution in [1.82, 2.24) is 9.88 Å². The van der Waals surface area contributed by atoms with Crippen molar-refractivity contribution < 1.29 is 31.5 Å². The van der Waals surface area contributed by atoms with Crippen molar-refractivity contribution in [2.24, 2.45) is 5.73 Å². The smallest absolute Gasteiger partial charge is 0.403 e. The average Bonchev–Trinajstić information content (AvgIpc) is 2.91. The quantitative estimate of drug-likeness (QED) is 0.806. The van der Waals surface area contributed by atoms with Crippen molar-refractivity contribution in [1.29, 1.82) is 0 Å². The number of likely N-dealkylation sites (tertiary alicyclic amines) is 1. The van der Waals surface area contributed by atoms with Crippen LogP contribution in [0.4, 0.5) is 22.0 Å². The van der Waals surface area contributed by atoms with E-state index in [1.165, 1.54) is 11.0 Å². The number of hydrogen-bond acceptors (Lipinski definition) is 3. The first kappa shape index (κ1) is 17.5. The lowest BCUT2D eigenvalue weighted by molar-refractivity contribution is -0.275. The van der Waals surface area contributed by atoms with Gasteiger partial charge in [-0.15, -0.1) is 13.2 Å². The van der Waals surface area contributed by atoms with Crippen LogP contribution in [0.1, 0.15) is 16.9 Å². The zero-order chi connectivity index (χ0) is 18.4. The SMILES string of the molecule is N[C@H]1CN(C(=O)c2cc3cc(OC(F)(F)F)c(F)cc3[nH]2)CC[C@H]1F. The Hall–Kier alpha value is -2.36. The van der Waals surface area contributed by atoms with Crippen LogP contribution < -0.4 is 10.5 Å². The van der Waals surface area contributed by atoms with E-state index < -0.39 is 36.0 Å². The van der Waals surface area contributed by atoms with Crippen LogP contribution in [0.2, 0.25) is 0 Å². The van der Waals surface area contributed by atoms with Crippen LogP contribution >= 0.6 is 0 Å². The molecular weight excluding hydrogens is 349 g/mol. The summed E-state index contributed by atoms with van der Waals surface area (Å²) in [6.07, 6.45) is -6.12. The fourth-order valence-corrected chi connectivity index (χ4v) is 2.76. The number of piperidine rings is 1. The molecule has 1 aliphatic rings. The fourth-order valence-electron chi connectivity index (χ4n) is 2.76. The number of nitrogens with zero attached hydrogens (tertiary/aromatic N) is 1. The van der Waals surface area contributed by atoms with Gasteiger partial charge in [-0.1, -0.05) is 0 Å². The summed E-state index contributed by atoms with van der Waals surface area (Å²) in [5, 5.41) is 0.175. The van der Waals surface area contributed by atoms with Crippen LogP contribution in [0, 0.1) is 5.82 Å². The number of fused-ring (bicyclic) bond motifs is 1. The van der Waals surface area contributed by atoms with Gasteiger partial charge >= 0.3 is 6.36 Å². The van der Waals surface area contributed by atoms with Gasteiger partial charge in [-0.2, -0.15) is 0 Å². The Labute approximate surface area is 138 Å². The second-order valence-electron chi connectivity index (χ2n) is 5.82. The fraction of sp³-hybridized carbons (Fsp3) is 0.400. The van der Waals surface area contributed by atoms with Crippen LogP contribution in [-0.2, 0) is 0 Å². The molecule has 1 aromatic heterocycles. The highest BCUT2D eigenvalue weighted by molar-refractivity contribution is 5.98. The summed E-state index contributed by atoms with van der Waals surface area (Å²) < 4.78 is 67.5. The number of H-pyrrole nitrogens is 1. The molecule has 2 atom stereocenters. The van der Waals surface area contributed by atoms with E-state index in [4.69, 9.17) is 5.73 Å². The minimum Gasteiger partial charge on any atom is -0.403 e. The number of hydrogen-bond donors (Lipinski definition) is 2. The van der Waals surface area contributed by atoms with E-state index in [1.54, 1.807) is 0 Å². The Balaban J connectivity index is 1.87. The molecule has 0 spiro atoms. The molecule has 25 heavy (non-hydrogen) atoms. The van der Waals surface area contributed by atoms with Crippen LogP contribution in [0.15, 0.2) is 18.2 Å². The number of nitrogens with two attached hydrogens (primary N) is 1. The lowest BCUT2D eigenvalue weighted by Crippen LogP contribution is -2.51. The number of amides is 1. The molecule has 2 heterocycles. The predicted molar refractivity (Wildman–Crippen MR) is 78.3 cm³/mol. The van der Waals surface area contributed by atoms with Crippen molar-refractivity contribution in [2.45, 2.75) is 25.0 Å². The molecule has 3 rings (SSSR count). The molecule has 136 valence electrons. The Morgan fingerprint density at radius 1 is 1.32 bits per heavy atom. The van der Waals surface area contributed by atoms with Crippen LogP contribution in [0.5, 0.6) is 5.75 Å². The summed E-state index contributed by atoms with van der Waals surface area (Å²) in [5.74, 6) is -2.69. The Bertz CT molecular complexity index is 804. The third kappa shape index (κ3) is 3.68. The molecule has 0 aliphatic carbocycles. The molecule has 0 unspecified atom stereocenters. The van der Waals surface area contributed by atoms with Crippen LogP contribution in [0.3, 0.4) is 0 Å². The molecule has 0 radical (unpaired) electrons. The van der Waals surface area contributed by atoms with Crippen molar-refractivity contribution in [3.63, 3.8) is 0 Å². The number of rotatable bonds is 2. The van der Waals surface area contributed by atoms with Gasteiger partial charge in [0.2, 0.25) is 0 Å². The number of alkyl halides is 4. The van der Waals surface area contributed by atoms with E-state index in [0.717, 1.165) is 12.1 Å². The molecule has 1 aromatic carbocycles. The summed E-state index contributed by atoms with van der Waals surface area (Å²) in [6, 6.07) is 2.15. The summed E-state index contributed by atoms with van der Waals surface area (Å²) in [4.78, 5) is 16.4. The molecule has 10 heteroatoms. The molecule has 1 aliphatic heterocycles. The first-order valence-corrected chi connectivity index (χ1v) is 7.41. The summed E-state index contributed by atoms with van der Waals surface area (Å²) in [7, 11) is 0. The first-order chi connectivity index (χ1) is 11.6. The molecule has 1 amide bonds. The Morgan fingerprint density at radius 3 is 2.68 bits per heavy atom. The molecule has 5 nitrogen and oxygen atoms in total. The van der Waals surface area contributed by atoms with Gasteiger partial charge < -0.3 is 20.4 Å². The molecule has 2 aromatic rings. The van der Waals surface area contributed by atoms with E-state index in [0.29, 0.717) is 0 Å². The van der Waals surface area contributed by atoms with Gasteiger partial charge in [-0.3, -0.25) is 4.79 Å². The van der Waals surface area contributed by atoms with E-state index in [1.807, 2.05) is 0 Å². The van der Waals surface area contributed by atoms with Gasteiger partial charge in [0.05, 0.1) is 6.04 Å².